The second kappa shape index (κ2) is 8.78. The lowest BCUT2D eigenvalue weighted by atomic mass is 10.0. The Hall–Kier alpha value is -2.66. The van der Waals surface area contributed by atoms with E-state index >= 15 is 0 Å². The van der Waals surface area contributed by atoms with Crippen LogP contribution in [0.2, 0.25) is 0 Å². The van der Waals surface area contributed by atoms with E-state index in [9.17, 15) is 9.59 Å². The van der Waals surface area contributed by atoms with Gasteiger partial charge in [-0.25, -0.2) is 0 Å². The van der Waals surface area contributed by atoms with E-state index in [-0.39, 0.29) is 17.9 Å². The van der Waals surface area contributed by atoms with Gasteiger partial charge in [0.1, 0.15) is 6.04 Å². The van der Waals surface area contributed by atoms with E-state index < -0.39 is 6.04 Å². The van der Waals surface area contributed by atoms with Crippen LogP contribution in [0.15, 0.2) is 54.6 Å². The molecule has 2 aliphatic rings. The van der Waals surface area contributed by atoms with Crippen LogP contribution >= 0.6 is 0 Å². The van der Waals surface area contributed by atoms with Gasteiger partial charge in [-0.3, -0.25) is 19.4 Å². The van der Waals surface area contributed by atoms with Crippen LogP contribution in [0.25, 0.3) is 0 Å². The maximum Gasteiger partial charge on any atom is 0.243 e. The van der Waals surface area contributed by atoms with Crippen LogP contribution in [0.1, 0.15) is 37.3 Å². The van der Waals surface area contributed by atoms with Gasteiger partial charge in [-0.15, -0.1) is 0 Å². The number of carbonyl (C=O) groups excluding carboxylic acids is 2. The Labute approximate surface area is 172 Å². The number of rotatable bonds is 5. The molecule has 0 aromatic heterocycles. The number of fused-ring (bicyclic) bond motifs is 1. The Morgan fingerprint density at radius 2 is 1.69 bits per heavy atom. The molecule has 1 saturated heterocycles. The van der Waals surface area contributed by atoms with Gasteiger partial charge in [0.2, 0.25) is 11.8 Å². The molecule has 0 saturated carbocycles. The van der Waals surface area contributed by atoms with Gasteiger partial charge in [0.05, 0.1) is 0 Å². The quantitative estimate of drug-likeness (QED) is 0.852. The molecule has 1 N–H and O–H groups in total. The van der Waals surface area contributed by atoms with Gasteiger partial charge in [0.15, 0.2) is 0 Å². The second-order valence-corrected chi connectivity index (χ2v) is 8.01. The standard InChI is InChI=1S/C24H29N3O2/c1-2-23(28)27-21-11-7-6-10-19(21)16-22(27)24(29)25-20-12-14-26(15-13-20)17-18-8-4-3-5-9-18/h3-11,20,22H,2,12-17H2,1H3,(H,25,29)/t22-/m1/s1. The van der Waals surface area contributed by atoms with Gasteiger partial charge in [-0.1, -0.05) is 55.5 Å². The second-order valence-electron chi connectivity index (χ2n) is 8.01. The summed E-state index contributed by atoms with van der Waals surface area (Å²) in [6.45, 7) is 4.75. The lowest BCUT2D eigenvalue weighted by Gasteiger charge is -2.33. The fourth-order valence-electron chi connectivity index (χ4n) is 4.45. The number of benzene rings is 2. The summed E-state index contributed by atoms with van der Waals surface area (Å²) in [4.78, 5) is 29.8. The molecule has 0 bridgehead atoms. The average Bonchev–Trinajstić information content (AvgIpc) is 3.15. The van der Waals surface area contributed by atoms with Crippen LogP contribution in [0.3, 0.4) is 0 Å². The molecule has 5 nitrogen and oxygen atoms in total. The van der Waals surface area contributed by atoms with E-state index in [0.717, 1.165) is 43.7 Å². The average molecular weight is 392 g/mol. The zero-order valence-electron chi connectivity index (χ0n) is 17.0. The molecular weight excluding hydrogens is 362 g/mol. The minimum Gasteiger partial charge on any atom is -0.351 e. The SMILES string of the molecule is CCC(=O)N1c2ccccc2C[C@@H]1C(=O)NC1CCN(Cc2ccccc2)CC1. The topological polar surface area (TPSA) is 52.7 Å². The highest BCUT2D eigenvalue weighted by atomic mass is 16.2. The zero-order valence-corrected chi connectivity index (χ0v) is 17.0. The van der Waals surface area contributed by atoms with Crippen LogP contribution in [0, 0.1) is 0 Å². The number of piperidine rings is 1. The van der Waals surface area contributed by atoms with Crippen molar-refractivity contribution in [3.8, 4) is 0 Å². The number of carbonyl (C=O) groups is 2. The number of anilines is 1. The number of para-hydroxylation sites is 1. The largest absolute Gasteiger partial charge is 0.351 e. The maximum absolute atomic E-state index is 13.1. The minimum absolute atomic E-state index is 0.00720. The van der Waals surface area contributed by atoms with Gasteiger partial charge in [0.25, 0.3) is 0 Å². The summed E-state index contributed by atoms with van der Waals surface area (Å²) >= 11 is 0. The number of hydrogen-bond acceptors (Lipinski definition) is 3. The van der Waals surface area contributed by atoms with Crippen LogP contribution < -0.4 is 10.2 Å². The molecular formula is C24H29N3O2. The molecule has 152 valence electrons. The molecule has 5 heteroatoms. The molecule has 0 unspecified atom stereocenters. The summed E-state index contributed by atoms with van der Waals surface area (Å²) in [6.07, 6.45) is 2.89. The summed E-state index contributed by atoms with van der Waals surface area (Å²) < 4.78 is 0. The third-order valence-corrected chi connectivity index (χ3v) is 6.03. The third kappa shape index (κ3) is 4.35. The Morgan fingerprint density at radius 1 is 1.00 bits per heavy atom. The number of nitrogens with one attached hydrogen (secondary N) is 1. The molecule has 0 radical (unpaired) electrons. The molecule has 0 spiro atoms. The molecule has 2 aromatic rings. The summed E-state index contributed by atoms with van der Waals surface area (Å²) in [6, 6.07) is 18.1. The van der Waals surface area contributed by atoms with Gasteiger partial charge in [0, 0.05) is 44.2 Å². The molecule has 2 amide bonds. The number of nitrogens with zero attached hydrogens (tertiary/aromatic N) is 2. The zero-order chi connectivity index (χ0) is 20.2. The van der Waals surface area contributed by atoms with E-state index in [4.69, 9.17) is 0 Å². The van der Waals surface area contributed by atoms with Crippen LogP contribution in [0.5, 0.6) is 0 Å². The number of hydrogen-bond donors (Lipinski definition) is 1. The first-order valence-corrected chi connectivity index (χ1v) is 10.6. The predicted octanol–water partition coefficient (Wildman–Crippen LogP) is 3.14. The van der Waals surface area contributed by atoms with Gasteiger partial charge in [-0.2, -0.15) is 0 Å². The monoisotopic (exact) mass is 391 g/mol. The van der Waals surface area contributed by atoms with Crippen molar-refractivity contribution in [3.63, 3.8) is 0 Å². The molecule has 2 aliphatic heterocycles. The lowest BCUT2D eigenvalue weighted by Crippen LogP contribution is -2.52. The Kier molecular flexibility index (Phi) is 5.95. The van der Waals surface area contributed by atoms with Crippen molar-refractivity contribution in [2.24, 2.45) is 0 Å². The van der Waals surface area contributed by atoms with Crippen molar-refractivity contribution in [2.75, 3.05) is 18.0 Å². The van der Waals surface area contributed by atoms with Crippen LogP contribution in [0.4, 0.5) is 5.69 Å². The molecule has 1 atom stereocenters. The predicted molar refractivity (Wildman–Crippen MR) is 115 cm³/mol. The van der Waals surface area contributed by atoms with Crippen molar-refractivity contribution < 1.29 is 9.59 Å². The summed E-state index contributed by atoms with van der Waals surface area (Å²) in [7, 11) is 0. The highest BCUT2D eigenvalue weighted by Gasteiger charge is 2.38. The number of amides is 2. The van der Waals surface area contributed by atoms with E-state index in [2.05, 4.69) is 34.5 Å². The molecule has 2 heterocycles. The van der Waals surface area contributed by atoms with Gasteiger partial charge >= 0.3 is 0 Å². The van der Waals surface area contributed by atoms with Crippen molar-refractivity contribution in [3.05, 3.63) is 65.7 Å². The number of likely N-dealkylation sites (tertiary alicyclic amines) is 1. The van der Waals surface area contributed by atoms with E-state index in [1.807, 2.05) is 37.3 Å². The summed E-state index contributed by atoms with van der Waals surface area (Å²) in [5.74, 6) is -0.0164. The Morgan fingerprint density at radius 3 is 2.41 bits per heavy atom. The maximum atomic E-state index is 13.1. The lowest BCUT2D eigenvalue weighted by molar-refractivity contribution is -0.126. The summed E-state index contributed by atoms with van der Waals surface area (Å²) in [5.41, 5.74) is 3.29. The van der Waals surface area contributed by atoms with Crippen molar-refractivity contribution in [1.82, 2.24) is 10.2 Å². The Balaban J connectivity index is 1.34. The smallest absolute Gasteiger partial charge is 0.243 e. The molecule has 0 aliphatic carbocycles. The highest BCUT2D eigenvalue weighted by molar-refractivity contribution is 6.03. The molecule has 29 heavy (non-hydrogen) atoms. The van der Waals surface area contributed by atoms with E-state index in [0.29, 0.717) is 12.8 Å². The van der Waals surface area contributed by atoms with E-state index in [1.165, 1.54) is 5.56 Å². The van der Waals surface area contributed by atoms with Crippen molar-refractivity contribution in [1.29, 1.82) is 0 Å². The minimum atomic E-state index is -0.429. The highest BCUT2D eigenvalue weighted by Crippen LogP contribution is 2.32. The van der Waals surface area contributed by atoms with Crippen LogP contribution in [-0.2, 0) is 22.6 Å². The third-order valence-electron chi connectivity index (χ3n) is 6.03. The summed E-state index contributed by atoms with van der Waals surface area (Å²) in [5, 5.41) is 3.23. The fraction of sp³-hybridized carbons (Fsp3) is 0.417. The molecule has 4 rings (SSSR count). The van der Waals surface area contributed by atoms with Crippen LogP contribution in [-0.4, -0.2) is 41.9 Å². The van der Waals surface area contributed by atoms with Crippen molar-refractivity contribution >= 4 is 17.5 Å². The van der Waals surface area contributed by atoms with Gasteiger partial charge in [-0.05, 0) is 30.0 Å². The van der Waals surface area contributed by atoms with E-state index in [1.54, 1.807) is 4.90 Å². The normalized spacial score (nSPS) is 19.8. The first kappa shape index (κ1) is 19.6. The first-order chi connectivity index (χ1) is 14.2. The molecule has 1 fully saturated rings. The fourth-order valence-corrected chi connectivity index (χ4v) is 4.45. The molecule has 2 aromatic carbocycles. The van der Waals surface area contributed by atoms with Crippen molar-refractivity contribution in [2.45, 2.75) is 51.2 Å². The van der Waals surface area contributed by atoms with Gasteiger partial charge < -0.3 is 5.32 Å². The first-order valence-electron chi connectivity index (χ1n) is 10.6. The Bertz CT molecular complexity index is 859.